The molecule has 0 radical (unpaired) electrons. The van der Waals surface area contributed by atoms with Gasteiger partial charge in [0.05, 0.1) is 18.8 Å². The van der Waals surface area contributed by atoms with Crippen molar-refractivity contribution in [3.05, 3.63) is 29.6 Å². The molecule has 20 heavy (non-hydrogen) atoms. The van der Waals surface area contributed by atoms with Gasteiger partial charge in [-0.3, -0.25) is 4.90 Å². The Morgan fingerprint density at radius 2 is 2.20 bits per heavy atom. The van der Waals surface area contributed by atoms with Gasteiger partial charge in [0.2, 0.25) is 11.8 Å². The maximum Gasteiger partial charge on any atom is 0.226 e. The highest BCUT2D eigenvalue weighted by Crippen LogP contribution is 2.31. The summed E-state index contributed by atoms with van der Waals surface area (Å²) >= 11 is 0. The first-order valence-electron chi connectivity index (χ1n) is 7.30. The molecule has 0 amide bonds. The predicted octanol–water partition coefficient (Wildman–Crippen LogP) is 2.52. The van der Waals surface area contributed by atoms with Crippen molar-refractivity contribution in [3.8, 4) is 0 Å². The number of likely N-dealkylation sites (tertiary alicyclic amines) is 1. The molecular weight excluding hydrogens is 256 g/mol. The second kappa shape index (κ2) is 5.75. The van der Waals surface area contributed by atoms with Gasteiger partial charge in [-0.2, -0.15) is 4.98 Å². The number of rotatable bonds is 5. The van der Waals surface area contributed by atoms with Crippen LogP contribution in [0.25, 0.3) is 0 Å². The zero-order valence-corrected chi connectivity index (χ0v) is 12.0. The van der Waals surface area contributed by atoms with E-state index >= 15 is 0 Å². The summed E-state index contributed by atoms with van der Waals surface area (Å²) in [5, 5.41) is 4.10. The topological polar surface area (TPSA) is 68.2 Å². The minimum absolute atomic E-state index is 0.219. The highest BCUT2D eigenvalue weighted by molar-refractivity contribution is 5.00. The van der Waals surface area contributed by atoms with Crippen LogP contribution in [0, 0.1) is 0 Å². The smallest absolute Gasteiger partial charge is 0.226 e. The van der Waals surface area contributed by atoms with E-state index in [1.54, 1.807) is 0 Å². The predicted molar refractivity (Wildman–Crippen MR) is 71.9 cm³/mol. The zero-order valence-electron chi connectivity index (χ0n) is 12.0. The average Bonchev–Trinajstić information content (AvgIpc) is 3.18. The van der Waals surface area contributed by atoms with Gasteiger partial charge in [-0.05, 0) is 19.4 Å². The van der Waals surface area contributed by atoms with Crippen molar-refractivity contribution in [1.29, 1.82) is 0 Å². The van der Waals surface area contributed by atoms with Crippen molar-refractivity contribution in [2.75, 3.05) is 6.54 Å². The number of nitrogens with zero attached hydrogens (tertiary/aromatic N) is 4. The Balaban J connectivity index is 1.71. The zero-order chi connectivity index (χ0) is 13.9. The lowest BCUT2D eigenvalue weighted by Crippen LogP contribution is -2.23. The largest absolute Gasteiger partial charge is 0.444 e. The fourth-order valence-electron chi connectivity index (χ4n) is 2.61. The van der Waals surface area contributed by atoms with Gasteiger partial charge < -0.3 is 8.94 Å². The third-order valence-corrected chi connectivity index (χ3v) is 3.74. The second-order valence-corrected chi connectivity index (χ2v) is 5.10. The standard InChI is InChI=1S/C14H20N4O2/c1-3-10-8-15-13(19-10)9-18-7-5-6-11(18)14-16-12(4-2)20-17-14/h8,11H,3-7,9H2,1-2H3/t11-/m1/s1. The molecule has 1 fully saturated rings. The molecule has 6 nitrogen and oxygen atoms in total. The Hall–Kier alpha value is -1.69. The van der Waals surface area contributed by atoms with Gasteiger partial charge in [-0.25, -0.2) is 4.98 Å². The van der Waals surface area contributed by atoms with Crippen LogP contribution in [0.5, 0.6) is 0 Å². The molecule has 0 aromatic carbocycles. The van der Waals surface area contributed by atoms with Crippen molar-refractivity contribution >= 4 is 0 Å². The number of aromatic nitrogens is 3. The third-order valence-electron chi connectivity index (χ3n) is 3.74. The normalized spacial score (nSPS) is 19.8. The van der Waals surface area contributed by atoms with Crippen LogP contribution in [0.4, 0.5) is 0 Å². The van der Waals surface area contributed by atoms with E-state index in [1.165, 1.54) is 0 Å². The van der Waals surface area contributed by atoms with E-state index in [1.807, 2.05) is 13.1 Å². The Labute approximate surface area is 118 Å². The molecule has 0 N–H and O–H groups in total. The Bertz CT molecular complexity index is 563. The first-order valence-corrected chi connectivity index (χ1v) is 7.30. The Morgan fingerprint density at radius 1 is 1.30 bits per heavy atom. The summed E-state index contributed by atoms with van der Waals surface area (Å²) in [4.78, 5) is 11.1. The molecule has 0 unspecified atom stereocenters. The van der Waals surface area contributed by atoms with E-state index in [2.05, 4.69) is 26.9 Å². The van der Waals surface area contributed by atoms with Crippen LogP contribution in [0.2, 0.25) is 0 Å². The molecule has 6 heteroatoms. The van der Waals surface area contributed by atoms with Crippen LogP contribution in [-0.4, -0.2) is 26.6 Å². The van der Waals surface area contributed by atoms with Crippen molar-refractivity contribution in [2.45, 2.75) is 52.1 Å². The fourth-order valence-corrected chi connectivity index (χ4v) is 2.61. The molecule has 0 bridgehead atoms. The molecule has 1 saturated heterocycles. The first kappa shape index (κ1) is 13.3. The summed E-state index contributed by atoms with van der Waals surface area (Å²) in [5.41, 5.74) is 0. The molecule has 1 aliphatic heterocycles. The van der Waals surface area contributed by atoms with E-state index in [-0.39, 0.29) is 6.04 Å². The van der Waals surface area contributed by atoms with E-state index in [0.717, 1.165) is 49.7 Å². The van der Waals surface area contributed by atoms with Crippen molar-refractivity contribution in [2.24, 2.45) is 0 Å². The summed E-state index contributed by atoms with van der Waals surface area (Å²) in [6, 6.07) is 0.219. The van der Waals surface area contributed by atoms with E-state index < -0.39 is 0 Å². The second-order valence-electron chi connectivity index (χ2n) is 5.10. The van der Waals surface area contributed by atoms with Crippen LogP contribution in [0.3, 0.4) is 0 Å². The van der Waals surface area contributed by atoms with Gasteiger partial charge in [-0.1, -0.05) is 19.0 Å². The number of hydrogen-bond donors (Lipinski definition) is 0. The molecule has 3 heterocycles. The quantitative estimate of drug-likeness (QED) is 0.836. The van der Waals surface area contributed by atoms with Crippen molar-refractivity contribution in [1.82, 2.24) is 20.0 Å². The van der Waals surface area contributed by atoms with E-state index in [4.69, 9.17) is 8.94 Å². The molecule has 0 saturated carbocycles. The van der Waals surface area contributed by atoms with Gasteiger partial charge >= 0.3 is 0 Å². The summed E-state index contributed by atoms with van der Waals surface area (Å²) in [7, 11) is 0. The van der Waals surface area contributed by atoms with Gasteiger partial charge in [-0.15, -0.1) is 0 Å². The average molecular weight is 276 g/mol. The highest BCUT2D eigenvalue weighted by Gasteiger charge is 2.30. The lowest BCUT2D eigenvalue weighted by atomic mass is 10.2. The molecular formula is C14H20N4O2. The molecule has 3 rings (SSSR count). The lowest BCUT2D eigenvalue weighted by molar-refractivity contribution is 0.210. The van der Waals surface area contributed by atoms with E-state index in [9.17, 15) is 0 Å². The molecule has 1 aliphatic rings. The molecule has 0 spiro atoms. The van der Waals surface area contributed by atoms with Gasteiger partial charge in [0.1, 0.15) is 5.76 Å². The molecule has 1 atom stereocenters. The van der Waals surface area contributed by atoms with Gasteiger partial charge in [0, 0.05) is 12.8 Å². The summed E-state index contributed by atoms with van der Waals surface area (Å²) in [6.07, 6.45) is 5.66. The Morgan fingerprint density at radius 3 is 2.90 bits per heavy atom. The number of aryl methyl sites for hydroxylation is 2. The SMILES string of the molecule is CCc1cnc(CN2CCC[C@@H]2c2noc(CC)n2)o1. The monoisotopic (exact) mass is 276 g/mol. The van der Waals surface area contributed by atoms with Crippen molar-refractivity contribution in [3.63, 3.8) is 0 Å². The third kappa shape index (κ3) is 2.60. The molecule has 2 aromatic heterocycles. The lowest BCUT2D eigenvalue weighted by Gasteiger charge is -2.19. The van der Waals surface area contributed by atoms with Crippen molar-refractivity contribution < 1.29 is 8.94 Å². The van der Waals surface area contributed by atoms with Crippen LogP contribution in [0.15, 0.2) is 15.1 Å². The summed E-state index contributed by atoms with van der Waals surface area (Å²) < 4.78 is 10.9. The Kier molecular flexibility index (Phi) is 3.82. The summed E-state index contributed by atoms with van der Waals surface area (Å²) in [6.45, 7) is 5.81. The number of oxazole rings is 1. The van der Waals surface area contributed by atoms with Crippen LogP contribution < -0.4 is 0 Å². The first-order chi connectivity index (χ1) is 9.80. The maximum atomic E-state index is 5.69. The molecule has 0 aliphatic carbocycles. The van der Waals surface area contributed by atoms with Gasteiger partial charge in [0.15, 0.2) is 5.82 Å². The molecule has 108 valence electrons. The maximum absolute atomic E-state index is 5.69. The summed E-state index contributed by atoms with van der Waals surface area (Å²) in [5.74, 6) is 3.20. The van der Waals surface area contributed by atoms with E-state index in [0.29, 0.717) is 12.4 Å². The van der Waals surface area contributed by atoms with Gasteiger partial charge in [0.25, 0.3) is 0 Å². The minimum Gasteiger partial charge on any atom is -0.444 e. The fraction of sp³-hybridized carbons (Fsp3) is 0.643. The minimum atomic E-state index is 0.219. The molecule has 2 aromatic rings. The van der Waals surface area contributed by atoms with Crippen LogP contribution >= 0.6 is 0 Å². The van der Waals surface area contributed by atoms with Crippen LogP contribution in [0.1, 0.15) is 56.1 Å². The number of hydrogen-bond acceptors (Lipinski definition) is 6. The highest BCUT2D eigenvalue weighted by atomic mass is 16.5. The van der Waals surface area contributed by atoms with Crippen LogP contribution in [-0.2, 0) is 19.4 Å².